The second-order valence-electron chi connectivity index (χ2n) is 8.21. The average Bonchev–Trinajstić information content (AvgIpc) is 2.91. The number of ketones is 1. The highest BCUT2D eigenvalue weighted by molar-refractivity contribution is 6.43. The van der Waals surface area contributed by atoms with Crippen LogP contribution in [-0.2, 0) is 11.8 Å². The summed E-state index contributed by atoms with van der Waals surface area (Å²) in [5, 5.41) is 14.2. The number of nitrogens with zero attached hydrogens (tertiary/aromatic N) is 2. The van der Waals surface area contributed by atoms with E-state index in [2.05, 4.69) is 15.6 Å². The Labute approximate surface area is 181 Å². The third-order valence-electron chi connectivity index (χ3n) is 5.73. The van der Waals surface area contributed by atoms with E-state index in [0.29, 0.717) is 5.69 Å². The molecule has 0 spiro atoms. The standard InChI is InChI=1S/C21H23F3N4O4/c1-10-5-13(6-25-17(10)22)26-18(31)14-11(2)15(28(4)12(14)3)16(30)19(32)27-20(9-29)7-21(23,24)8-20/h5-6,29H,7-9H2,1-4H3,(H,26,31)(H,27,32). The highest BCUT2D eigenvalue weighted by Crippen LogP contribution is 2.45. The van der Waals surface area contributed by atoms with Crippen LogP contribution in [0.2, 0.25) is 0 Å². The summed E-state index contributed by atoms with van der Waals surface area (Å²) in [6.07, 6.45) is -0.380. The first kappa shape index (κ1) is 23.5. The van der Waals surface area contributed by atoms with Crippen LogP contribution in [0.3, 0.4) is 0 Å². The minimum absolute atomic E-state index is 0.0854. The van der Waals surface area contributed by atoms with E-state index in [1.165, 1.54) is 31.5 Å². The number of amides is 2. The summed E-state index contributed by atoms with van der Waals surface area (Å²) in [5.74, 6) is -6.44. The fourth-order valence-electron chi connectivity index (χ4n) is 4.04. The van der Waals surface area contributed by atoms with Gasteiger partial charge in [-0.3, -0.25) is 14.4 Å². The quantitative estimate of drug-likeness (QED) is 0.353. The zero-order valence-corrected chi connectivity index (χ0v) is 18.0. The number of aliphatic hydroxyl groups is 1. The average molecular weight is 452 g/mol. The number of Topliss-reactive ketones (excluding diaryl/α,β-unsaturated/α-hetero) is 1. The van der Waals surface area contributed by atoms with Crippen LogP contribution in [0.4, 0.5) is 18.9 Å². The molecular weight excluding hydrogens is 429 g/mol. The highest BCUT2D eigenvalue weighted by Gasteiger charge is 2.57. The molecular formula is C21H23F3N4O4. The van der Waals surface area contributed by atoms with Crippen LogP contribution >= 0.6 is 0 Å². The van der Waals surface area contributed by atoms with Crippen molar-refractivity contribution in [2.45, 2.75) is 45.1 Å². The Kier molecular flexibility index (Phi) is 5.90. The molecule has 3 N–H and O–H groups in total. The SMILES string of the molecule is Cc1cc(NC(=O)c2c(C)c(C(=O)C(=O)NC3(CO)CC(F)(F)C3)n(C)c2C)cnc1F. The second kappa shape index (κ2) is 8.05. The first-order valence-corrected chi connectivity index (χ1v) is 9.76. The molecule has 2 heterocycles. The predicted molar refractivity (Wildman–Crippen MR) is 108 cm³/mol. The molecule has 11 heteroatoms. The van der Waals surface area contributed by atoms with Crippen molar-refractivity contribution in [2.75, 3.05) is 11.9 Å². The first-order chi connectivity index (χ1) is 14.8. The van der Waals surface area contributed by atoms with Gasteiger partial charge in [-0.25, -0.2) is 13.8 Å². The minimum atomic E-state index is -3.02. The first-order valence-electron chi connectivity index (χ1n) is 9.76. The summed E-state index contributed by atoms with van der Waals surface area (Å²) < 4.78 is 41.3. The van der Waals surface area contributed by atoms with E-state index in [9.17, 15) is 32.7 Å². The number of pyridine rings is 1. The lowest BCUT2D eigenvalue weighted by Crippen LogP contribution is -2.65. The maximum atomic E-state index is 13.4. The van der Waals surface area contributed by atoms with Crippen molar-refractivity contribution in [3.8, 4) is 0 Å². The Morgan fingerprint density at radius 1 is 1.22 bits per heavy atom. The number of aromatic nitrogens is 2. The maximum absolute atomic E-state index is 13.4. The van der Waals surface area contributed by atoms with Gasteiger partial charge in [-0.1, -0.05) is 0 Å². The van der Waals surface area contributed by atoms with E-state index in [4.69, 9.17) is 0 Å². The molecule has 2 aromatic rings. The van der Waals surface area contributed by atoms with Crippen LogP contribution in [0, 0.1) is 26.7 Å². The summed E-state index contributed by atoms with van der Waals surface area (Å²) in [4.78, 5) is 41.7. The smallest absolute Gasteiger partial charge is 0.294 e. The van der Waals surface area contributed by atoms with Gasteiger partial charge in [0.05, 0.1) is 35.3 Å². The molecule has 1 fully saturated rings. The van der Waals surface area contributed by atoms with E-state index in [1.54, 1.807) is 6.92 Å². The molecule has 3 rings (SSSR count). The van der Waals surface area contributed by atoms with Crippen molar-refractivity contribution >= 4 is 23.3 Å². The van der Waals surface area contributed by atoms with Crippen molar-refractivity contribution in [2.24, 2.45) is 7.05 Å². The van der Waals surface area contributed by atoms with Crippen LogP contribution in [-0.4, -0.2) is 50.3 Å². The van der Waals surface area contributed by atoms with E-state index in [-0.39, 0.29) is 28.1 Å². The molecule has 1 saturated carbocycles. The number of aryl methyl sites for hydroxylation is 1. The summed E-state index contributed by atoms with van der Waals surface area (Å²) in [6.45, 7) is 3.82. The fourth-order valence-corrected chi connectivity index (χ4v) is 4.04. The molecule has 1 aliphatic carbocycles. The topological polar surface area (TPSA) is 113 Å². The number of nitrogens with one attached hydrogen (secondary N) is 2. The van der Waals surface area contributed by atoms with Gasteiger partial charge in [0.2, 0.25) is 5.95 Å². The van der Waals surface area contributed by atoms with Crippen molar-refractivity contribution in [1.29, 1.82) is 0 Å². The van der Waals surface area contributed by atoms with Crippen molar-refractivity contribution in [1.82, 2.24) is 14.9 Å². The van der Waals surface area contributed by atoms with Crippen LogP contribution < -0.4 is 10.6 Å². The van der Waals surface area contributed by atoms with Gasteiger partial charge < -0.3 is 20.3 Å². The number of carbonyl (C=O) groups is 3. The van der Waals surface area contributed by atoms with E-state index in [0.717, 1.165) is 6.20 Å². The van der Waals surface area contributed by atoms with Crippen molar-refractivity contribution < 1.29 is 32.7 Å². The Bertz CT molecular complexity index is 1120. The normalized spacial score (nSPS) is 16.2. The number of aliphatic hydroxyl groups excluding tert-OH is 1. The van der Waals surface area contributed by atoms with Crippen LogP contribution in [0.1, 0.15) is 50.5 Å². The van der Waals surface area contributed by atoms with Crippen LogP contribution in [0.5, 0.6) is 0 Å². The number of rotatable bonds is 6. The van der Waals surface area contributed by atoms with Crippen molar-refractivity contribution in [3.05, 3.63) is 46.3 Å². The number of hydrogen-bond acceptors (Lipinski definition) is 5. The van der Waals surface area contributed by atoms with Gasteiger partial charge in [-0.2, -0.15) is 4.39 Å². The molecule has 0 bridgehead atoms. The number of halogens is 3. The van der Waals surface area contributed by atoms with Crippen LogP contribution in [0.25, 0.3) is 0 Å². The zero-order chi connectivity index (χ0) is 24.0. The third-order valence-corrected chi connectivity index (χ3v) is 5.73. The van der Waals surface area contributed by atoms with Gasteiger partial charge in [0, 0.05) is 31.1 Å². The van der Waals surface area contributed by atoms with E-state index < -0.39 is 54.5 Å². The Balaban J connectivity index is 1.85. The Hall–Kier alpha value is -3.21. The number of anilines is 1. The molecule has 32 heavy (non-hydrogen) atoms. The molecule has 1 aliphatic rings. The number of carbonyl (C=O) groups excluding carboxylic acids is 3. The molecule has 8 nitrogen and oxygen atoms in total. The lowest BCUT2D eigenvalue weighted by Gasteiger charge is -2.46. The molecule has 0 atom stereocenters. The molecule has 0 aliphatic heterocycles. The number of alkyl halides is 2. The summed E-state index contributed by atoms with van der Waals surface area (Å²) in [7, 11) is 1.49. The lowest BCUT2D eigenvalue weighted by molar-refractivity contribution is -0.154. The van der Waals surface area contributed by atoms with Crippen molar-refractivity contribution in [3.63, 3.8) is 0 Å². The van der Waals surface area contributed by atoms with Gasteiger partial charge in [0.15, 0.2) is 0 Å². The molecule has 0 radical (unpaired) electrons. The molecule has 0 saturated heterocycles. The number of hydrogen-bond donors (Lipinski definition) is 3. The second-order valence-corrected chi connectivity index (χ2v) is 8.21. The van der Waals surface area contributed by atoms with Gasteiger partial charge in [-0.15, -0.1) is 0 Å². The predicted octanol–water partition coefficient (Wildman–Crippen LogP) is 2.20. The molecule has 2 amide bonds. The van der Waals surface area contributed by atoms with Gasteiger partial charge in [0.25, 0.3) is 23.5 Å². The Morgan fingerprint density at radius 3 is 2.38 bits per heavy atom. The molecule has 2 aromatic heterocycles. The zero-order valence-electron chi connectivity index (χ0n) is 18.0. The van der Waals surface area contributed by atoms with Gasteiger partial charge in [-0.05, 0) is 32.4 Å². The largest absolute Gasteiger partial charge is 0.394 e. The van der Waals surface area contributed by atoms with Gasteiger partial charge in [0.1, 0.15) is 0 Å². The summed E-state index contributed by atoms with van der Waals surface area (Å²) in [6, 6.07) is 1.40. The molecule has 0 unspecified atom stereocenters. The lowest BCUT2D eigenvalue weighted by atomic mass is 9.74. The van der Waals surface area contributed by atoms with E-state index in [1.807, 2.05) is 0 Å². The minimum Gasteiger partial charge on any atom is -0.394 e. The van der Waals surface area contributed by atoms with Crippen LogP contribution in [0.15, 0.2) is 12.3 Å². The molecule has 0 aromatic carbocycles. The van der Waals surface area contributed by atoms with Gasteiger partial charge >= 0.3 is 0 Å². The maximum Gasteiger partial charge on any atom is 0.294 e. The third kappa shape index (κ3) is 4.12. The summed E-state index contributed by atoms with van der Waals surface area (Å²) >= 11 is 0. The fraction of sp³-hybridized carbons (Fsp3) is 0.429. The van der Waals surface area contributed by atoms with E-state index >= 15 is 0 Å². The Morgan fingerprint density at radius 2 is 1.84 bits per heavy atom. The highest BCUT2D eigenvalue weighted by atomic mass is 19.3. The molecule has 172 valence electrons. The monoisotopic (exact) mass is 452 g/mol. The summed E-state index contributed by atoms with van der Waals surface area (Å²) in [5.41, 5.74) is -0.427.